The number of H-pyrrole nitrogens is 1. The third-order valence-corrected chi connectivity index (χ3v) is 7.50. The van der Waals surface area contributed by atoms with Gasteiger partial charge in [-0.1, -0.05) is 6.08 Å². The predicted octanol–water partition coefficient (Wildman–Crippen LogP) is 4.76. The Morgan fingerprint density at radius 2 is 2.00 bits per heavy atom. The lowest BCUT2D eigenvalue weighted by atomic mass is 9.92. The second-order valence-corrected chi connectivity index (χ2v) is 10.2. The van der Waals surface area contributed by atoms with Crippen molar-refractivity contribution in [2.75, 3.05) is 39.5 Å². The number of hydrogen-bond acceptors (Lipinski definition) is 5. The number of hydrogen-bond donors (Lipinski definition) is 2. The first-order valence-electron chi connectivity index (χ1n) is 13.0. The number of amides is 1. The van der Waals surface area contributed by atoms with E-state index in [0.717, 1.165) is 45.8 Å². The topological polar surface area (TPSA) is 86.3 Å². The van der Waals surface area contributed by atoms with Crippen molar-refractivity contribution in [3.05, 3.63) is 93.4 Å². The van der Waals surface area contributed by atoms with Crippen molar-refractivity contribution < 1.29 is 9.18 Å². The molecule has 0 saturated carbocycles. The third kappa shape index (κ3) is 4.97. The van der Waals surface area contributed by atoms with Gasteiger partial charge in [-0.3, -0.25) is 19.1 Å². The molecule has 1 amide bonds. The maximum absolute atomic E-state index is 15.1. The maximum Gasteiger partial charge on any atom is 0.257 e. The number of carbonyl (C=O) groups excluding carboxylic acids is 1. The second kappa shape index (κ2) is 10.5. The highest BCUT2D eigenvalue weighted by molar-refractivity contribution is 5.94. The monoisotopic (exact) mass is 528 g/mol. The molecule has 1 aliphatic heterocycles. The number of fused-ring (bicyclic) bond motifs is 1. The largest absolute Gasteiger partial charge is 0.388 e. The van der Waals surface area contributed by atoms with Gasteiger partial charge in [0.15, 0.2) is 0 Å². The zero-order valence-corrected chi connectivity index (χ0v) is 22.9. The summed E-state index contributed by atoms with van der Waals surface area (Å²) in [5.41, 5.74) is 5.79. The van der Waals surface area contributed by atoms with Crippen molar-refractivity contribution in [2.24, 2.45) is 0 Å². The van der Waals surface area contributed by atoms with E-state index in [4.69, 9.17) is 0 Å². The van der Waals surface area contributed by atoms with Crippen LogP contribution in [-0.2, 0) is 0 Å². The van der Waals surface area contributed by atoms with E-state index in [1.807, 2.05) is 19.1 Å². The zero-order chi connectivity index (χ0) is 27.8. The molecule has 5 rings (SSSR count). The van der Waals surface area contributed by atoms with Gasteiger partial charge in [-0.15, -0.1) is 0 Å². The summed E-state index contributed by atoms with van der Waals surface area (Å²) in [6, 6.07) is 10.5. The molecule has 4 heterocycles. The molecular formula is C30H33FN6O2. The van der Waals surface area contributed by atoms with E-state index in [2.05, 4.69) is 39.3 Å². The molecule has 1 aromatic carbocycles. The normalized spacial score (nSPS) is 14.8. The molecule has 0 aliphatic carbocycles. The summed E-state index contributed by atoms with van der Waals surface area (Å²) in [6.07, 6.45) is 6.24. The van der Waals surface area contributed by atoms with Crippen LogP contribution in [0.2, 0.25) is 0 Å². The number of nitrogens with one attached hydrogen (secondary N) is 2. The molecule has 1 unspecified atom stereocenters. The molecule has 3 aromatic heterocycles. The van der Waals surface area contributed by atoms with Crippen molar-refractivity contribution >= 4 is 28.2 Å². The van der Waals surface area contributed by atoms with Gasteiger partial charge in [0.05, 0.1) is 5.69 Å². The SMILES string of the molecule is CNc1ccn(-c2ccnc3[nH]c(C(C)N4CC=C(c5c(C)cc(C(=O)N(C)C)cc5F)CC4)cc23)c(=O)c1. The van der Waals surface area contributed by atoms with E-state index in [0.29, 0.717) is 24.1 Å². The summed E-state index contributed by atoms with van der Waals surface area (Å²) in [6.45, 7) is 5.40. The molecule has 1 atom stereocenters. The Kier molecular flexibility index (Phi) is 7.10. The predicted molar refractivity (Wildman–Crippen MR) is 153 cm³/mol. The van der Waals surface area contributed by atoms with E-state index in [1.54, 1.807) is 50.2 Å². The Morgan fingerprint density at radius 1 is 1.21 bits per heavy atom. The number of aromatic nitrogens is 3. The lowest BCUT2D eigenvalue weighted by Gasteiger charge is -2.32. The van der Waals surface area contributed by atoms with Gasteiger partial charge < -0.3 is 15.2 Å². The summed E-state index contributed by atoms with van der Waals surface area (Å²) < 4.78 is 16.8. The maximum atomic E-state index is 15.1. The van der Waals surface area contributed by atoms with Gasteiger partial charge in [0, 0.05) is 86.6 Å². The lowest BCUT2D eigenvalue weighted by molar-refractivity contribution is 0.0827. The molecule has 8 nitrogen and oxygen atoms in total. The number of rotatable bonds is 6. The van der Waals surface area contributed by atoms with Crippen LogP contribution in [-0.4, -0.2) is 64.5 Å². The van der Waals surface area contributed by atoms with Crippen LogP contribution in [0.1, 0.15) is 46.6 Å². The number of pyridine rings is 2. The van der Waals surface area contributed by atoms with Crippen LogP contribution in [0.5, 0.6) is 0 Å². The van der Waals surface area contributed by atoms with Crippen molar-refractivity contribution in [1.82, 2.24) is 24.3 Å². The van der Waals surface area contributed by atoms with Gasteiger partial charge >= 0.3 is 0 Å². The van der Waals surface area contributed by atoms with E-state index in [9.17, 15) is 9.59 Å². The number of anilines is 1. The highest BCUT2D eigenvalue weighted by Gasteiger charge is 2.24. The third-order valence-electron chi connectivity index (χ3n) is 7.50. The quantitative estimate of drug-likeness (QED) is 0.377. The van der Waals surface area contributed by atoms with Crippen molar-refractivity contribution in [3.8, 4) is 5.69 Å². The Hall–Kier alpha value is -4.24. The van der Waals surface area contributed by atoms with E-state index < -0.39 is 0 Å². The summed E-state index contributed by atoms with van der Waals surface area (Å²) in [5.74, 6) is -0.572. The first kappa shape index (κ1) is 26.4. The second-order valence-electron chi connectivity index (χ2n) is 10.2. The fraction of sp³-hybridized carbons (Fsp3) is 0.300. The van der Waals surface area contributed by atoms with E-state index in [1.165, 1.54) is 11.0 Å². The first-order valence-corrected chi connectivity index (χ1v) is 13.0. The molecule has 0 fully saturated rings. The highest BCUT2D eigenvalue weighted by atomic mass is 19.1. The molecular weight excluding hydrogens is 495 g/mol. The molecule has 202 valence electrons. The molecule has 4 aromatic rings. The van der Waals surface area contributed by atoms with Crippen molar-refractivity contribution in [3.63, 3.8) is 0 Å². The minimum Gasteiger partial charge on any atom is -0.388 e. The number of aromatic amines is 1. The van der Waals surface area contributed by atoms with Crippen LogP contribution >= 0.6 is 0 Å². The Labute approximate surface area is 226 Å². The number of aryl methyl sites for hydroxylation is 1. The van der Waals surface area contributed by atoms with E-state index >= 15 is 4.39 Å². The highest BCUT2D eigenvalue weighted by Crippen LogP contribution is 2.33. The van der Waals surface area contributed by atoms with Crippen LogP contribution in [0, 0.1) is 12.7 Å². The van der Waals surface area contributed by atoms with E-state index in [-0.39, 0.29) is 23.3 Å². The van der Waals surface area contributed by atoms with Crippen LogP contribution < -0.4 is 10.9 Å². The van der Waals surface area contributed by atoms with Gasteiger partial charge in [-0.25, -0.2) is 9.37 Å². The molecule has 1 aliphatic rings. The number of carbonyl (C=O) groups is 1. The van der Waals surface area contributed by atoms with Crippen LogP contribution in [0.3, 0.4) is 0 Å². The Bertz CT molecular complexity index is 1630. The molecule has 39 heavy (non-hydrogen) atoms. The van der Waals surface area contributed by atoms with Gasteiger partial charge in [0.25, 0.3) is 11.5 Å². The van der Waals surface area contributed by atoms with Crippen molar-refractivity contribution in [2.45, 2.75) is 26.3 Å². The summed E-state index contributed by atoms with van der Waals surface area (Å²) >= 11 is 0. The number of nitrogens with zero attached hydrogens (tertiary/aromatic N) is 4. The number of halogens is 1. The molecule has 0 saturated heterocycles. The zero-order valence-electron chi connectivity index (χ0n) is 22.9. The summed E-state index contributed by atoms with van der Waals surface area (Å²) in [7, 11) is 5.10. The van der Waals surface area contributed by atoms with Gasteiger partial charge in [-0.2, -0.15) is 0 Å². The van der Waals surface area contributed by atoms with Gasteiger partial charge in [0.1, 0.15) is 11.5 Å². The average Bonchev–Trinajstić information content (AvgIpc) is 3.37. The molecule has 0 spiro atoms. The standard InChI is InChI=1S/C30H33FN6O2/c1-18-14-21(30(39)35(4)5)15-24(31)28(18)20-7-11-36(12-8-20)19(2)25-17-23-26(6-10-33-29(23)34-25)37-13-9-22(32-3)16-27(37)38/h6-7,9-10,13-17,19,32H,8,11-12H2,1-5H3,(H,33,34). The molecule has 0 radical (unpaired) electrons. The summed E-state index contributed by atoms with van der Waals surface area (Å²) in [5, 5.41) is 3.86. The minimum absolute atomic E-state index is 0.0549. The smallest absolute Gasteiger partial charge is 0.257 e. The lowest BCUT2D eigenvalue weighted by Crippen LogP contribution is -2.31. The van der Waals surface area contributed by atoms with Crippen LogP contribution in [0.4, 0.5) is 10.1 Å². The van der Waals surface area contributed by atoms with Gasteiger partial charge in [0.2, 0.25) is 0 Å². The Balaban J connectivity index is 1.39. The Morgan fingerprint density at radius 3 is 2.64 bits per heavy atom. The fourth-order valence-electron chi connectivity index (χ4n) is 5.29. The molecule has 9 heteroatoms. The van der Waals surface area contributed by atoms with Gasteiger partial charge in [-0.05, 0) is 61.7 Å². The first-order chi connectivity index (χ1) is 18.7. The number of benzene rings is 1. The fourth-order valence-corrected chi connectivity index (χ4v) is 5.29. The molecule has 0 bridgehead atoms. The van der Waals surface area contributed by atoms with Crippen LogP contribution in [0.25, 0.3) is 22.3 Å². The molecule has 2 N–H and O–H groups in total. The average molecular weight is 529 g/mol. The minimum atomic E-state index is -0.361. The van der Waals surface area contributed by atoms with Crippen molar-refractivity contribution in [1.29, 1.82) is 0 Å². The van der Waals surface area contributed by atoms with Crippen LogP contribution in [0.15, 0.2) is 59.7 Å². The summed E-state index contributed by atoms with van der Waals surface area (Å²) in [4.78, 5) is 36.8.